The Balaban J connectivity index is 1.76. The Morgan fingerprint density at radius 1 is 1.11 bits per heavy atom. The summed E-state index contributed by atoms with van der Waals surface area (Å²) in [5, 5.41) is 19.6. The molecule has 38 heavy (non-hydrogen) atoms. The maximum Gasteiger partial charge on any atom is 0.431 e. The molecule has 0 bridgehead atoms. The summed E-state index contributed by atoms with van der Waals surface area (Å²) in [6.45, 7) is 2.20. The molecule has 2 aromatic rings. The number of sulfonamides is 1. The molecule has 0 saturated carbocycles. The normalized spacial score (nSPS) is 14.1. The molecule has 10 nitrogen and oxygen atoms in total. The molecular weight excluding hydrogens is 533 g/mol. The predicted octanol–water partition coefficient (Wildman–Crippen LogP) is 4.37. The van der Waals surface area contributed by atoms with Crippen LogP contribution in [0.5, 0.6) is 17.2 Å². The maximum atomic E-state index is 13.5. The summed E-state index contributed by atoms with van der Waals surface area (Å²) in [7, 11) is -4.01. The van der Waals surface area contributed by atoms with Gasteiger partial charge in [0.25, 0.3) is 0 Å². The fraction of sp³-hybridized carbons (Fsp3) is 0.458. The standard InChI is InChI=1S/C24H29F3N2O8S/c1-16(2)13-28(38(33,34)20-7-8-21-22(12-20)37-15-36-21)10-9-18(29(32)23(30)31)11-17-3-5-19(6-4-17)35-14-24(25,26)27/h3-8,12,16,18,32H,9-11,13-15H2,1-2H3,(H,30,31). The topological polar surface area (TPSA) is 126 Å². The highest BCUT2D eigenvalue weighted by atomic mass is 32.2. The zero-order valence-corrected chi connectivity index (χ0v) is 21.5. The van der Waals surface area contributed by atoms with Crippen molar-refractivity contribution in [1.82, 2.24) is 9.37 Å². The minimum Gasteiger partial charge on any atom is -0.484 e. The Morgan fingerprint density at radius 3 is 2.37 bits per heavy atom. The van der Waals surface area contributed by atoms with Crippen molar-refractivity contribution in [2.45, 2.75) is 43.8 Å². The number of hydroxylamine groups is 2. The van der Waals surface area contributed by atoms with E-state index in [1.54, 1.807) is 0 Å². The van der Waals surface area contributed by atoms with Crippen LogP contribution in [0.25, 0.3) is 0 Å². The second kappa shape index (κ2) is 12.1. The fourth-order valence-corrected chi connectivity index (χ4v) is 5.46. The summed E-state index contributed by atoms with van der Waals surface area (Å²) < 4.78 is 80.4. The van der Waals surface area contributed by atoms with Gasteiger partial charge in [0, 0.05) is 19.2 Å². The Hall–Kier alpha value is -3.23. The first kappa shape index (κ1) is 29.3. The van der Waals surface area contributed by atoms with Gasteiger partial charge >= 0.3 is 12.3 Å². The number of hydrogen-bond donors (Lipinski definition) is 2. The van der Waals surface area contributed by atoms with E-state index in [0.717, 1.165) is 0 Å². The summed E-state index contributed by atoms with van der Waals surface area (Å²) in [5.41, 5.74) is 0.503. The van der Waals surface area contributed by atoms with Crippen LogP contribution in [0.3, 0.4) is 0 Å². The highest BCUT2D eigenvalue weighted by Gasteiger charge is 2.31. The molecule has 0 spiro atoms. The molecule has 0 aliphatic carbocycles. The lowest BCUT2D eigenvalue weighted by Crippen LogP contribution is -2.42. The van der Waals surface area contributed by atoms with Gasteiger partial charge in [-0.25, -0.2) is 13.2 Å². The van der Waals surface area contributed by atoms with Gasteiger partial charge in [0.1, 0.15) is 5.75 Å². The van der Waals surface area contributed by atoms with Crippen molar-refractivity contribution in [2.75, 3.05) is 26.5 Å². The zero-order valence-electron chi connectivity index (χ0n) is 20.7. The lowest BCUT2D eigenvalue weighted by atomic mass is 10.0. The van der Waals surface area contributed by atoms with Gasteiger partial charge < -0.3 is 19.3 Å². The minimum absolute atomic E-state index is 0.0207. The van der Waals surface area contributed by atoms with Crippen LogP contribution in [0.2, 0.25) is 0 Å². The van der Waals surface area contributed by atoms with Gasteiger partial charge in [0.2, 0.25) is 16.8 Å². The first-order chi connectivity index (χ1) is 17.8. The van der Waals surface area contributed by atoms with E-state index in [-0.39, 0.29) is 54.4 Å². The molecule has 14 heteroatoms. The highest BCUT2D eigenvalue weighted by Crippen LogP contribution is 2.35. The molecule has 0 aromatic heterocycles. The van der Waals surface area contributed by atoms with Crippen LogP contribution in [0, 0.1) is 5.92 Å². The van der Waals surface area contributed by atoms with Crippen molar-refractivity contribution in [3.05, 3.63) is 48.0 Å². The van der Waals surface area contributed by atoms with Gasteiger partial charge in [0.15, 0.2) is 18.1 Å². The first-order valence-corrected chi connectivity index (χ1v) is 13.1. The summed E-state index contributed by atoms with van der Waals surface area (Å²) in [4.78, 5) is 11.5. The van der Waals surface area contributed by atoms with E-state index < -0.39 is 34.9 Å². The molecule has 3 rings (SSSR count). The molecule has 1 aliphatic heterocycles. The molecule has 0 radical (unpaired) electrons. The summed E-state index contributed by atoms with van der Waals surface area (Å²) in [5.74, 6) is 0.626. The summed E-state index contributed by atoms with van der Waals surface area (Å²) in [6, 6.07) is 8.70. The number of halogens is 3. The van der Waals surface area contributed by atoms with E-state index in [2.05, 4.69) is 4.74 Å². The molecule has 1 amide bonds. The monoisotopic (exact) mass is 562 g/mol. The van der Waals surface area contributed by atoms with Gasteiger partial charge in [-0.2, -0.15) is 22.5 Å². The Kier molecular flexibility index (Phi) is 9.33. The average molecular weight is 563 g/mol. The van der Waals surface area contributed by atoms with E-state index in [9.17, 15) is 36.7 Å². The van der Waals surface area contributed by atoms with Crippen LogP contribution < -0.4 is 14.2 Å². The third kappa shape index (κ3) is 7.88. The SMILES string of the molecule is CC(C)CN(CCC(Cc1ccc(OCC(F)(F)F)cc1)N(O)C(=O)O)S(=O)(=O)c1ccc2c(c1)OCO2. The second-order valence-electron chi connectivity index (χ2n) is 9.09. The van der Waals surface area contributed by atoms with Gasteiger partial charge in [-0.05, 0) is 48.6 Å². The minimum atomic E-state index is -4.49. The van der Waals surface area contributed by atoms with E-state index in [1.165, 1.54) is 46.8 Å². The molecule has 1 heterocycles. The fourth-order valence-electron chi connectivity index (χ4n) is 3.82. The Morgan fingerprint density at radius 2 is 1.76 bits per heavy atom. The van der Waals surface area contributed by atoms with Crippen molar-refractivity contribution in [1.29, 1.82) is 0 Å². The van der Waals surface area contributed by atoms with E-state index in [1.807, 2.05) is 13.8 Å². The van der Waals surface area contributed by atoms with Crippen molar-refractivity contribution >= 4 is 16.1 Å². The molecule has 2 aromatic carbocycles. The number of alkyl halides is 3. The number of ether oxygens (including phenoxy) is 3. The van der Waals surface area contributed by atoms with Crippen LogP contribution in [0.4, 0.5) is 18.0 Å². The smallest absolute Gasteiger partial charge is 0.431 e. The number of nitrogens with zero attached hydrogens (tertiary/aromatic N) is 2. The van der Waals surface area contributed by atoms with Crippen molar-refractivity contribution < 1.29 is 50.9 Å². The Labute approximate surface area is 218 Å². The number of benzene rings is 2. The number of amides is 1. The maximum absolute atomic E-state index is 13.5. The molecule has 210 valence electrons. The van der Waals surface area contributed by atoms with Crippen LogP contribution in [-0.4, -0.2) is 72.9 Å². The van der Waals surface area contributed by atoms with Gasteiger partial charge in [0.05, 0.1) is 10.9 Å². The molecule has 0 fully saturated rings. The van der Waals surface area contributed by atoms with Crippen LogP contribution in [0.1, 0.15) is 25.8 Å². The van der Waals surface area contributed by atoms with Crippen LogP contribution >= 0.6 is 0 Å². The van der Waals surface area contributed by atoms with Crippen LogP contribution in [-0.2, 0) is 16.4 Å². The van der Waals surface area contributed by atoms with E-state index in [0.29, 0.717) is 17.1 Å². The molecule has 1 unspecified atom stereocenters. The predicted molar refractivity (Wildman–Crippen MR) is 128 cm³/mol. The summed E-state index contributed by atoms with van der Waals surface area (Å²) in [6.07, 6.45) is -6.21. The highest BCUT2D eigenvalue weighted by molar-refractivity contribution is 7.89. The van der Waals surface area contributed by atoms with E-state index in [4.69, 9.17) is 9.47 Å². The lowest BCUT2D eigenvalue weighted by molar-refractivity contribution is -0.153. The first-order valence-electron chi connectivity index (χ1n) is 11.7. The van der Waals surface area contributed by atoms with Gasteiger partial charge in [-0.3, -0.25) is 5.21 Å². The largest absolute Gasteiger partial charge is 0.484 e. The third-order valence-electron chi connectivity index (χ3n) is 5.60. The average Bonchev–Trinajstić information content (AvgIpc) is 3.32. The molecule has 1 atom stereocenters. The molecular formula is C24H29F3N2O8S. The van der Waals surface area contributed by atoms with Gasteiger partial charge in [-0.15, -0.1) is 0 Å². The lowest BCUT2D eigenvalue weighted by Gasteiger charge is -2.28. The second-order valence-corrected chi connectivity index (χ2v) is 11.0. The summed E-state index contributed by atoms with van der Waals surface area (Å²) >= 11 is 0. The molecule has 1 aliphatic rings. The third-order valence-corrected chi connectivity index (χ3v) is 7.46. The molecule has 0 saturated heterocycles. The number of carbonyl (C=O) groups is 1. The number of carboxylic acid groups (broad SMARTS) is 1. The van der Waals surface area contributed by atoms with Crippen LogP contribution in [0.15, 0.2) is 47.4 Å². The number of fused-ring (bicyclic) bond motifs is 1. The zero-order chi connectivity index (χ0) is 28.1. The van der Waals surface area contributed by atoms with Crippen molar-refractivity contribution in [2.24, 2.45) is 5.92 Å². The van der Waals surface area contributed by atoms with Crippen molar-refractivity contribution in [3.63, 3.8) is 0 Å². The van der Waals surface area contributed by atoms with Crippen molar-refractivity contribution in [3.8, 4) is 17.2 Å². The molecule has 2 N–H and O–H groups in total. The quantitative estimate of drug-likeness (QED) is 0.289. The Bertz CT molecular complexity index is 1210. The number of rotatable bonds is 12. The number of hydrogen-bond acceptors (Lipinski definition) is 7. The van der Waals surface area contributed by atoms with Gasteiger partial charge in [-0.1, -0.05) is 26.0 Å². The van der Waals surface area contributed by atoms with E-state index >= 15 is 0 Å².